The van der Waals surface area contributed by atoms with Crippen molar-refractivity contribution in [2.24, 2.45) is 0 Å². The molecule has 28 heavy (non-hydrogen) atoms. The van der Waals surface area contributed by atoms with E-state index in [4.69, 9.17) is 19.8 Å². The molecule has 0 bridgehead atoms. The first-order chi connectivity index (χ1) is 13.6. The van der Waals surface area contributed by atoms with Gasteiger partial charge in [-0.25, -0.2) is 9.97 Å². The molecule has 1 atom stereocenters. The topological polar surface area (TPSA) is 82.0 Å². The van der Waals surface area contributed by atoms with Crippen LogP contribution in [0, 0.1) is 0 Å². The molecule has 1 aromatic heterocycles. The van der Waals surface area contributed by atoms with Crippen molar-refractivity contribution >= 4 is 28.6 Å². The van der Waals surface area contributed by atoms with Gasteiger partial charge in [0.05, 0.1) is 30.3 Å². The summed E-state index contributed by atoms with van der Waals surface area (Å²) in [4.78, 5) is 27.2. The third kappa shape index (κ3) is 4.18. The number of anilines is 2. The molecule has 0 radical (unpaired) electrons. The first-order valence-electron chi connectivity index (χ1n) is 9.89. The summed E-state index contributed by atoms with van der Waals surface area (Å²) in [6, 6.07) is 7.99. The molecule has 0 saturated carbocycles. The molecule has 0 aliphatic carbocycles. The molecular formula is C20H27N5O3. The zero-order valence-corrected chi connectivity index (χ0v) is 16.3. The summed E-state index contributed by atoms with van der Waals surface area (Å²) in [5.74, 6) is 1.04. The average Bonchev–Trinajstić information content (AvgIpc) is 3.21. The van der Waals surface area contributed by atoms with E-state index in [9.17, 15) is 4.79 Å². The maximum absolute atomic E-state index is 10.9. The Hall–Kier alpha value is -2.45. The number of rotatable bonds is 6. The minimum Gasteiger partial charge on any atom is -0.480 e. The van der Waals surface area contributed by atoms with Crippen LogP contribution in [0.25, 0.3) is 11.0 Å². The monoisotopic (exact) mass is 385 g/mol. The fourth-order valence-corrected chi connectivity index (χ4v) is 4.00. The number of hydrogen-bond acceptors (Lipinski definition) is 7. The number of carboxylic acid groups (broad SMARTS) is 1. The zero-order chi connectivity index (χ0) is 19.5. The van der Waals surface area contributed by atoms with Gasteiger partial charge >= 0.3 is 5.97 Å². The number of carboxylic acids is 1. The molecule has 1 unspecified atom stereocenters. The molecule has 2 fully saturated rings. The third-order valence-corrected chi connectivity index (χ3v) is 5.30. The summed E-state index contributed by atoms with van der Waals surface area (Å²) >= 11 is 0. The second-order valence-corrected chi connectivity index (χ2v) is 7.58. The highest BCUT2D eigenvalue weighted by Crippen LogP contribution is 2.31. The molecule has 2 aliphatic rings. The SMILES string of the molecule is CN(CC(=O)O)CC1CN(c2nc3ccccc3nc2N2CCCC2)CCO1. The van der Waals surface area contributed by atoms with Crippen LogP contribution >= 0.6 is 0 Å². The summed E-state index contributed by atoms with van der Waals surface area (Å²) < 4.78 is 5.90. The second-order valence-electron chi connectivity index (χ2n) is 7.58. The summed E-state index contributed by atoms with van der Waals surface area (Å²) in [6.07, 6.45) is 2.30. The predicted molar refractivity (Wildman–Crippen MR) is 108 cm³/mol. The van der Waals surface area contributed by atoms with E-state index in [2.05, 4.69) is 9.80 Å². The molecule has 1 N–H and O–H groups in total. The van der Waals surface area contributed by atoms with Gasteiger partial charge in [-0.15, -0.1) is 0 Å². The maximum atomic E-state index is 10.9. The first kappa shape index (κ1) is 18.9. The Morgan fingerprint density at radius 1 is 1.14 bits per heavy atom. The van der Waals surface area contributed by atoms with E-state index in [-0.39, 0.29) is 12.6 Å². The minimum absolute atomic E-state index is 0.00860. The van der Waals surface area contributed by atoms with E-state index in [1.54, 1.807) is 4.90 Å². The van der Waals surface area contributed by atoms with Crippen LogP contribution in [0.4, 0.5) is 11.6 Å². The van der Waals surface area contributed by atoms with Crippen molar-refractivity contribution in [3.05, 3.63) is 24.3 Å². The van der Waals surface area contributed by atoms with Crippen LogP contribution in [-0.4, -0.2) is 85.0 Å². The molecule has 0 spiro atoms. The lowest BCUT2D eigenvalue weighted by Crippen LogP contribution is -2.48. The van der Waals surface area contributed by atoms with E-state index in [0.29, 0.717) is 19.7 Å². The number of morpholine rings is 1. The number of hydrogen-bond donors (Lipinski definition) is 1. The highest BCUT2D eigenvalue weighted by atomic mass is 16.5. The van der Waals surface area contributed by atoms with Gasteiger partial charge in [0.15, 0.2) is 11.6 Å². The van der Waals surface area contributed by atoms with Crippen molar-refractivity contribution in [2.45, 2.75) is 18.9 Å². The number of likely N-dealkylation sites (N-methyl/N-ethyl adjacent to an activating group) is 1. The molecule has 8 nitrogen and oxygen atoms in total. The van der Waals surface area contributed by atoms with Crippen LogP contribution in [0.15, 0.2) is 24.3 Å². The predicted octanol–water partition coefficient (Wildman–Crippen LogP) is 1.45. The molecule has 150 valence electrons. The summed E-state index contributed by atoms with van der Waals surface area (Å²) in [5.41, 5.74) is 1.81. The fourth-order valence-electron chi connectivity index (χ4n) is 4.00. The number of ether oxygens (including phenoxy) is 1. The van der Waals surface area contributed by atoms with E-state index in [1.165, 1.54) is 12.8 Å². The van der Waals surface area contributed by atoms with E-state index in [0.717, 1.165) is 42.3 Å². The maximum Gasteiger partial charge on any atom is 0.317 e. The number of nitrogens with zero attached hydrogens (tertiary/aromatic N) is 5. The van der Waals surface area contributed by atoms with Crippen molar-refractivity contribution in [1.82, 2.24) is 14.9 Å². The molecule has 8 heteroatoms. The van der Waals surface area contributed by atoms with Gasteiger partial charge in [-0.1, -0.05) is 12.1 Å². The van der Waals surface area contributed by atoms with Gasteiger partial charge in [0.1, 0.15) is 0 Å². The molecule has 1 aromatic carbocycles. The Morgan fingerprint density at radius 3 is 2.43 bits per heavy atom. The zero-order valence-electron chi connectivity index (χ0n) is 16.3. The Morgan fingerprint density at radius 2 is 1.79 bits per heavy atom. The minimum atomic E-state index is -0.827. The Bertz CT molecular complexity index is 840. The van der Waals surface area contributed by atoms with Crippen molar-refractivity contribution in [3.63, 3.8) is 0 Å². The molecule has 2 saturated heterocycles. The fraction of sp³-hybridized carbons (Fsp3) is 0.550. The molecule has 0 amide bonds. The van der Waals surface area contributed by atoms with Crippen LogP contribution in [-0.2, 0) is 9.53 Å². The number of benzene rings is 1. The van der Waals surface area contributed by atoms with Crippen LogP contribution < -0.4 is 9.80 Å². The molecule has 4 rings (SSSR count). The second kappa shape index (κ2) is 8.28. The normalized spacial score (nSPS) is 20.3. The summed E-state index contributed by atoms with van der Waals surface area (Å²) in [6.45, 7) is 4.63. The largest absolute Gasteiger partial charge is 0.480 e. The van der Waals surface area contributed by atoms with Gasteiger partial charge in [-0.3, -0.25) is 9.69 Å². The lowest BCUT2D eigenvalue weighted by atomic mass is 10.2. The van der Waals surface area contributed by atoms with Crippen molar-refractivity contribution < 1.29 is 14.6 Å². The molecule has 2 aromatic rings. The smallest absolute Gasteiger partial charge is 0.317 e. The van der Waals surface area contributed by atoms with Crippen molar-refractivity contribution in [2.75, 3.05) is 62.7 Å². The Balaban J connectivity index is 1.59. The van der Waals surface area contributed by atoms with Gasteiger partial charge in [0, 0.05) is 32.7 Å². The van der Waals surface area contributed by atoms with Gasteiger partial charge in [0.2, 0.25) is 0 Å². The lowest BCUT2D eigenvalue weighted by Gasteiger charge is -2.36. The Kier molecular flexibility index (Phi) is 5.59. The number of aliphatic carboxylic acids is 1. The van der Waals surface area contributed by atoms with E-state index >= 15 is 0 Å². The van der Waals surface area contributed by atoms with E-state index < -0.39 is 5.97 Å². The van der Waals surface area contributed by atoms with Crippen molar-refractivity contribution in [1.29, 1.82) is 0 Å². The number of fused-ring (bicyclic) bond motifs is 1. The number of para-hydroxylation sites is 2. The van der Waals surface area contributed by atoms with Crippen LogP contribution in [0.1, 0.15) is 12.8 Å². The van der Waals surface area contributed by atoms with Crippen molar-refractivity contribution in [3.8, 4) is 0 Å². The van der Waals surface area contributed by atoms with Crippen LogP contribution in [0.5, 0.6) is 0 Å². The number of carbonyl (C=O) groups is 1. The molecule has 2 aliphatic heterocycles. The van der Waals surface area contributed by atoms with Crippen LogP contribution in [0.3, 0.4) is 0 Å². The van der Waals surface area contributed by atoms with Gasteiger partial charge in [0.25, 0.3) is 0 Å². The van der Waals surface area contributed by atoms with Gasteiger partial charge < -0.3 is 19.6 Å². The van der Waals surface area contributed by atoms with Crippen LogP contribution in [0.2, 0.25) is 0 Å². The summed E-state index contributed by atoms with van der Waals surface area (Å²) in [5, 5.41) is 8.98. The van der Waals surface area contributed by atoms with Gasteiger partial charge in [-0.05, 0) is 32.0 Å². The molecular weight excluding hydrogens is 358 g/mol. The highest BCUT2D eigenvalue weighted by Gasteiger charge is 2.28. The standard InChI is InChI=1S/C20H27N5O3/c1-23(14-18(26)27)12-15-13-25(10-11-28-15)20-19(24-8-4-5-9-24)21-16-6-2-3-7-17(16)22-20/h2-3,6-7,15H,4-5,8-14H2,1H3,(H,26,27). The number of aromatic nitrogens is 2. The van der Waals surface area contributed by atoms with Gasteiger partial charge in [-0.2, -0.15) is 0 Å². The quantitative estimate of drug-likeness (QED) is 0.800. The Labute approximate surface area is 164 Å². The highest BCUT2D eigenvalue weighted by molar-refractivity contribution is 5.81. The van der Waals surface area contributed by atoms with E-state index in [1.807, 2.05) is 31.3 Å². The first-order valence-corrected chi connectivity index (χ1v) is 9.89. The third-order valence-electron chi connectivity index (χ3n) is 5.30. The lowest BCUT2D eigenvalue weighted by molar-refractivity contribution is -0.138. The average molecular weight is 385 g/mol. The summed E-state index contributed by atoms with van der Waals surface area (Å²) in [7, 11) is 1.81. The molecule has 3 heterocycles.